The van der Waals surface area contributed by atoms with E-state index in [4.69, 9.17) is 23.2 Å². The normalized spacial score (nSPS) is 11.7. The van der Waals surface area contributed by atoms with Gasteiger partial charge in [-0.25, -0.2) is 9.18 Å². The summed E-state index contributed by atoms with van der Waals surface area (Å²) in [4.78, 5) is 24.8. The molecule has 2 amide bonds. The van der Waals surface area contributed by atoms with Gasteiger partial charge < -0.3 is 10.1 Å². The van der Waals surface area contributed by atoms with Crippen molar-refractivity contribution < 1.29 is 18.7 Å². The third-order valence-corrected chi connectivity index (χ3v) is 6.94. The van der Waals surface area contributed by atoms with E-state index in [0.29, 0.717) is 38.8 Å². The second-order valence-electron chi connectivity index (χ2n) is 9.35. The number of amides is 2. The number of hydrogen-bond acceptors (Lipinski definition) is 8. The molecule has 14 heteroatoms. The monoisotopic (exact) mass is 632 g/mol. The summed E-state index contributed by atoms with van der Waals surface area (Å²) in [6.07, 6.45) is 4.06. The maximum absolute atomic E-state index is 13.6. The molecule has 0 fully saturated rings. The van der Waals surface area contributed by atoms with Crippen LogP contribution < -0.4 is 10.6 Å². The van der Waals surface area contributed by atoms with Crippen LogP contribution in [0.3, 0.4) is 0 Å². The Bertz CT molecular complexity index is 1800. The van der Waals surface area contributed by atoms with Crippen LogP contribution in [0.4, 0.5) is 14.9 Å². The van der Waals surface area contributed by atoms with Crippen molar-refractivity contribution in [1.82, 2.24) is 35.7 Å². The van der Waals surface area contributed by atoms with Crippen LogP contribution in [-0.2, 0) is 16.0 Å². The standard InChI is InChI=1S/C30H23Cl2FN8O3/c1-44-30(43)35-23-10-4-19(5-11-23)24-16-26(37-38-29(24)32)25(14-18-2-8-22(33)9-3-18)36-28(42)13-6-20-15-21(31)7-12-27(20)41-17-34-39-40-41/h2-13,15-17,25H,14H2,1H3,(H,35,43)(H,36,42)/b13-6+. The molecule has 3 aromatic carbocycles. The van der Waals surface area contributed by atoms with Crippen molar-refractivity contribution in [3.8, 4) is 16.8 Å². The number of anilines is 1. The summed E-state index contributed by atoms with van der Waals surface area (Å²) in [7, 11) is 1.27. The van der Waals surface area contributed by atoms with E-state index >= 15 is 0 Å². The summed E-state index contributed by atoms with van der Waals surface area (Å²) in [5.74, 6) is -0.813. The first kappa shape index (κ1) is 30.3. The van der Waals surface area contributed by atoms with Gasteiger partial charge in [-0.2, -0.15) is 9.78 Å². The highest BCUT2D eigenvalue weighted by atomic mass is 35.5. The van der Waals surface area contributed by atoms with E-state index in [1.807, 2.05) is 0 Å². The Labute approximate surface area is 260 Å². The molecule has 1 atom stereocenters. The number of nitrogens with zero attached hydrogens (tertiary/aromatic N) is 6. The van der Waals surface area contributed by atoms with Crippen molar-refractivity contribution in [1.29, 1.82) is 0 Å². The zero-order valence-electron chi connectivity index (χ0n) is 23.0. The van der Waals surface area contributed by atoms with Crippen LogP contribution in [0.15, 0.2) is 85.2 Å². The molecule has 5 aromatic rings. The van der Waals surface area contributed by atoms with Crippen molar-refractivity contribution in [3.63, 3.8) is 0 Å². The third kappa shape index (κ3) is 7.60. The van der Waals surface area contributed by atoms with Crippen LogP contribution >= 0.6 is 23.2 Å². The third-order valence-electron chi connectivity index (χ3n) is 6.42. The number of hydrogen-bond donors (Lipinski definition) is 2. The maximum Gasteiger partial charge on any atom is 0.411 e. The second kappa shape index (κ2) is 13.8. The lowest BCUT2D eigenvalue weighted by Gasteiger charge is -2.18. The molecule has 2 heterocycles. The Kier molecular flexibility index (Phi) is 9.52. The number of halogens is 3. The van der Waals surface area contributed by atoms with Gasteiger partial charge in [0.1, 0.15) is 12.1 Å². The first-order chi connectivity index (χ1) is 21.3. The number of aromatic nitrogens is 6. The molecular weight excluding hydrogens is 610 g/mol. The molecule has 0 aliphatic rings. The number of nitrogens with one attached hydrogen (secondary N) is 2. The molecule has 11 nitrogen and oxygen atoms in total. The lowest BCUT2D eigenvalue weighted by Crippen LogP contribution is -2.29. The van der Waals surface area contributed by atoms with E-state index in [0.717, 1.165) is 5.56 Å². The van der Waals surface area contributed by atoms with E-state index in [9.17, 15) is 14.0 Å². The summed E-state index contributed by atoms with van der Waals surface area (Å²) >= 11 is 12.6. The maximum atomic E-state index is 13.6. The highest BCUT2D eigenvalue weighted by Gasteiger charge is 2.19. The van der Waals surface area contributed by atoms with Crippen molar-refractivity contribution in [2.45, 2.75) is 12.5 Å². The number of methoxy groups -OCH3 is 1. The topological polar surface area (TPSA) is 137 Å². The highest BCUT2D eigenvalue weighted by Crippen LogP contribution is 2.30. The smallest absolute Gasteiger partial charge is 0.411 e. The van der Waals surface area contributed by atoms with Crippen LogP contribution in [-0.4, -0.2) is 49.5 Å². The zero-order valence-corrected chi connectivity index (χ0v) is 24.5. The van der Waals surface area contributed by atoms with Gasteiger partial charge in [0.05, 0.1) is 24.5 Å². The fourth-order valence-corrected chi connectivity index (χ4v) is 4.66. The molecule has 1 unspecified atom stereocenters. The molecule has 222 valence electrons. The Balaban J connectivity index is 1.43. The van der Waals surface area contributed by atoms with E-state index in [1.54, 1.807) is 66.7 Å². The van der Waals surface area contributed by atoms with Crippen LogP contribution in [0.25, 0.3) is 22.9 Å². The molecule has 44 heavy (non-hydrogen) atoms. The van der Waals surface area contributed by atoms with E-state index in [-0.39, 0.29) is 17.4 Å². The molecule has 0 radical (unpaired) electrons. The summed E-state index contributed by atoms with van der Waals surface area (Å²) < 4.78 is 19.7. The van der Waals surface area contributed by atoms with Gasteiger partial charge in [-0.05, 0) is 82.6 Å². The molecule has 2 aromatic heterocycles. The molecule has 0 aliphatic heterocycles. The number of benzene rings is 3. The largest absolute Gasteiger partial charge is 0.453 e. The van der Waals surface area contributed by atoms with Crippen molar-refractivity contribution in [3.05, 3.63) is 118 Å². The number of ether oxygens (including phenoxy) is 1. The second-order valence-corrected chi connectivity index (χ2v) is 10.1. The summed E-state index contributed by atoms with van der Waals surface area (Å²) in [5.41, 5.74) is 4.18. The molecule has 2 N–H and O–H groups in total. The Morgan fingerprint density at radius 3 is 2.50 bits per heavy atom. The van der Waals surface area contributed by atoms with Gasteiger partial charge in [0, 0.05) is 27.9 Å². The Morgan fingerprint density at radius 2 is 1.80 bits per heavy atom. The van der Waals surface area contributed by atoms with Crippen molar-refractivity contribution in [2.75, 3.05) is 12.4 Å². The predicted molar refractivity (Wildman–Crippen MR) is 163 cm³/mol. The summed E-state index contributed by atoms with van der Waals surface area (Å²) in [5, 5.41) is 25.8. The van der Waals surface area contributed by atoms with Crippen LogP contribution in [0.2, 0.25) is 10.2 Å². The Morgan fingerprint density at radius 1 is 1.02 bits per heavy atom. The van der Waals surface area contributed by atoms with Crippen molar-refractivity contribution >= 4 is 47.0 Å². The van der Waals surface area contributed by atoms with Gasteiger partial charge in [-0.1, -0.05) is 47.5 Å². The van der Waals surface area contributed by atoms with E-state index in [2.05, 4.69) is 41.1 Å². The molecular formula is C30H23Cl2FN8O3. The van der Waals surface area contributed by atoms with E-state index < -0.39 is 18.0 Å². The fourth-order valence-electron chi connectivity index (χ4n) is 4.28. The van der Waals surface area contributed by atoms with E-state index in [1.165, 1.54) is 36.3 Å². The van der Waals surface area contributed by atoms with Crippen LogP contribution in [0.1, 0.15) is 22.9 Å². The minimum Gasteiger partial charge on any atom is -0.453 e. The average Bonchev–Trinajstić information content (AvgIpc) is 3.56. The fraction of sp³-hybridized carbons (Fsp3) is 0.100. The zero-order chi connectivity index (χ0) is 31.1. The highest BCUT2D eigenvalue weighted by molar-refractivity contribution is 6.32. The first-order valence-electron chi connectivity index (χ1n) is 13.0. The Hall–Kier alpha value is -5.20. The number of carbonyl (C=O) groups excluding carboxylic acids is 2. The molecule has 5 rings (SSSR count). The predicted octanol–water partition coefficient (Wildman–Crippen LogP) is 5.86. The number of carbonyl (C=O) groups is 2. The minimum atomic E-state index is -0.667. The molecule has 0 bridgehead atoms. The molecule has 0 aliphatic carbocycles. The van der Waals surface area contributed by atoms with Gasteiger partial charge in [0.25, 0.3) is 0 Å². The SMILES string of the molecule is COC(=O)Nc1ccc(-c2cc(C(Cc3ccc(F)cc3)NC(=O)/C=C/c3cc(Cl)ccc3-n3cnnn3)nnc2Cl)cc1. The van der Waals surface area contributed by atoms with Gasteiger partial charge in [0.2, 0.25) is 5.91 Å². The average molecular weight is 633 g/mol. The molecule has 0 saturated heterocycles. The van der Waals surface area contributed by atoms with Gasteiger partial charge in [-0.15, -0.1) is 10.2 Å². The molecule has 0 spiro atoms. The summed E-state index contributed by atoms with van der Waals surface area (Å²) in [6, 6.07) is 19.0. The van der Waals surface area contributed by atoms with Gasteiger partial charge in [-0.3, -0.25) is 10.1 Å². The van der Waals surface area contributed by atoms with Gasteiger partial charge in [0.15, 0.2) is 5.15 Å². The van der Waals surface area contributed by atoms with Gasteiger partial charge >= 0.3 is 6.09 Å². The summed E-state index contributed by atoms with van der Waals surface area (Å²) in [6.45, 7) is 0. The minimum absolute atomic E-state index is 0.144. The lowest BCUT2D eigenvalue weighted by molar-refractivity contribution is -0.117. The lowest BCUT2D eigenvalue weighted by atomic mass is 10.00. The van der Waals surface area contributed by atoms with Crippen LogP contribution in [0.5, 0.6) is 0 Å². The quantitative estimate of drug-likeness (QED) is 0.193. The number of rotatable bonds is 9. The molecule has 0 saturated carbocycles. The van der Waals surface area contributed by atoms with Crippen LogP contribution in [0, 0.1) is 5.82 Å². The number of tetrazole rings is 1. The first-order valence-corrected chi connectivity index (χ1v) is 13.8. The van der Waals surface area contributed by atoms with Crippen molar-refractivity contribution in [2.24, 2.45) is 0 Å².